The summed E-state index contributed by atoms with van der Waals surface area (Å²) in [6.45, 7) is 7.31. The molecule has 0 bridgehead atoms. The Morgan fingerprint density at radius 2 is 1.97 bits per heavy atom. The molecular formula is C22H24N4O4S. The topological polar surface area (TPSA) is 102 Å². The first kappa shape index (κ1) is 21.6. The van der Waals surface area contributed by atoms with E-state index in [9.17, 15) is 15.4 Å². The molecule has 0 amide bonds. The van der Waals surface area contributed by atoms with Gasteiger partial charge in [0, 0.05) is 43.0 Å². The molecule has 0 N–H and O–H groups in total. The summed E-state index contributed by atoms with van der Waals surface area (Å²) in [5, 5.41) is 21.6. The number of hydrogen-bond donors (Lipinski definition) is 0. The Bertz CT molecular complexity index is 1030. The minimum Gasteiger partial charge on any atom is -0.378 e. The monoisotopic (exact) mass is 440 g/mol. The van der Waals surface area contributed by atoms with Gasteiger partial charge in [-0.15, -0.1) is 11.8 Å². The van der Waals surface area contributed by atoms with Crippen molar-refractivity contribution in [2.24, 2.45) is 0 Å². The summed E-state index contributed by atoms with van der Waals surface area (Å²) in [7, 11) is 0. The number of fused-ring (bicyclic) bond motifs is 1. The smallest absolute Gasteiger partial charge is 0.269 e. The largest absolute Gasteiger partial charge is 0.378 e. The van der Waals surface area contributed by atoms with Gasteiger partial charge in [-0.1, -0.05) is 12.1 Å². The number of benzene rings is 1. The summed E-state index contributed by atoms with van der Waals surface area (Å²) < 4.78 is 11.6. The second kappa shape index (κ2) is 8.83. The molecule has 1 saturated heterocycles. The molecule has 3 heterocycles. The van der Waals surface area contributed by atoms with Gasteiger partial charge in [0.25, 0.3) is 5.69 Å². The Balaban J connectivity index is 1.69. The van der Waals surface area contributed by atoms with E-state index < -0.39 is 4.92 Å². The number of aromatic nitrogens is 1. The van der Waals surface area contributed by atoms with E-state index in [1.54, 1.807) is 12.1 Å². The van der Waals surface area contributed by atoms with E-state index in [0.29, 0.717) is 42.6 Å². The summed E-state index contributed by atoms with van der Waals surface area (Å²) in [4.78, 5) is 17.6. The third-order valence-electron chi connectivity index (χ3n) is 5.51. The summed E-state index contributed by atoms with van der Waals surface area (Å²) in [5.41, 5.74) is 3.28. The van der Waals surface area contributed by atoms with Crippen LogP contribution >= 0.6 is 11.8 Å². The molecule has 4 rings (SSSR count). The third-order valence-corrected chi connectivity index (χ3v) is 6.56. The summed E-state index contributed by atoms with van der Waals surface area (Å²) >= 11 is 1.49. The SMILES string of the molecule is CC1(C)Cc2c(C#N)c(SCc3ccc([N+](=O)[O-])cc3)nc(N3CCOCC3)c2CO1. The molecule has 0 unspecified atom stereocenters. The molecule has 0 atom stereocenters. The number of nitriles is 1. The highest BCUT2D eigenvalue weighted by Crippen LogP contribution is 2.39. The highest BCUT2D eigenvalue weighted by atomic mass is 32.2. The van der Waals surface area contributed by atoms with Gasteiger partial charge in [-0.25, -0.2) is 4.98 Å². The van der Waals surface area contributed by atoms with Crippen molar-refractivity contribution in [2.75, 3.05) is 31.2 Å². The molecule has 8 nitrogen and oxygen atoms in total. The molecule has 0 saturated carbocycles. The zero-order chi connectivity index (χ0) is 22.0. The van der Waals surface area contributed by atoms with Crippen LogP contribution in [0.1, 0.15) is 36.1 Å². The van der Waals surface area contributed by atoms with Crippen LogP contribution in [0.4, 0.5) is 11.5 Å². The first-order chi connectivity index (χ1) is 14.9. The molecule has 2 aliphatic heterocycles. The molecule has 0 aliphatic carbocycles. The number of non-ortho nitro benzene ring substituents is 1. The van der Waals surface area contributed by atoms with Crippen molar-refractivity contribution in [2.45, 2.75) is 43.3 Å². The molecule has 162 valence electrons. The van der Waals surface area contributed by atoms with Crippen molar-refractivity contribution in [1.29, 1.82) is 5.26 Å². The number of thioether (sulfide) groups is 1. The predicted molar refractivity (Wildman–Crippen MR) is 117 cm³/mol. The van der Waals surface area contributed by atoms with Crippen molar-refractivity contribution >= 4 is 23.3 Å². The van der Waals surface area contributed by atoms with Crippen LogP contribution in [0.15, 0.2) is 29.3 Å². The maximum Gasteiger partial charge on any atom is 0.269 e. The molecule has 9 heteroatoms. The van der Waals surface area contributed by atoms with Gasteiger partial charge in [-0.2, -0.15) is 5.26 Å². The lowest BCUT2D eigenvalue weighted by molar-refractivity contribution is -0.384. The molecule has 0 radical (unpaired) electrons. The van der Waals surface area contributed by atoms with Gasteiger partial charge in [-0.3, -0.25) is 10.1 Å². The number of nitro groups is 1. The van der Waals surface area contributed by atoms with Gasteiger partial charge in [0.15, 0.2) is 0 Å². The Morgan fingerprint density at radius 3 is 2.61 bits per heavy atom. The van der Waals surface area contributed by atoms with Crippen molar-refractivity contribution in [1.82, 2.24) is 4.98 Å². The van der Waals surface area contributed by atoms with Crippen LogP contribution in [0.25, 0.3) is 0 Å². The van der Waals surface area contributed by atoms with Gasteiger partial charge in [-0.05, 0) is 25.0 Å². The van der Waals surface area contributed by atoms with Crippen molar-refractivity contribution in [3.05, 3.63) is 56.6 Å². The zero-order valence-electron chi connectivity index (χ0n) is 17.6. The lowest BCUT2D eigenvalue weighted by atomic mass is 9.89. The maximum atomic E-state index is 10.9. The minimum absolute atomic E-state index is 0.0650. The number of hydrogen-bond acceptors (Lipinski definition) is 8. The second-order valence-corrected chi connectivity index (χ2v) is 9.19. The van der Waals surface area contributed by atoms with Crippen LogP contribution < -0.4 is 4.90 Å². The van der Waals surface area contributed by atoms with Gasteiger partial charge in [0.05, 0.1) is 35.9 Å². The highest BCUT2D eigenvalue weighted by Gasteiger charge is 2.33. The Hall–Kier alpha value is -2.67. The number of nitrogens with zero attached hydrogens (tertiary/aromatic N) is 4. The van der Waals surface area contributed by atoms with Crippen LogP contribution in [-0.4, -0.2) is 41.8 Å². The van der Waals surface area contributed by atoms with Crippen molar-refractivity contribution in [3.8, 4) is 6.07 Å². The number of morpholine rings is 1. The quantitative estimate of drug-likeness (QED) is 0.393. The van der Waals surface area contributed by atoms with Crippen LogP contribution in [0.2, 0.25) is 0 Å². The van der Waals surface area contributed by atoms with E-state index in [1.807, 2.05) is 13.8 Å². The average Bonchev–Trinajstić information content (AvgIpc) is 2.77. The average molecular weight is 441 g/mol. The van der Waals surface area contributed by atoms with Crippen LogP contribution in [0.3, 0.4) is 0 Å². The number of ether oxygens (including phenoxy) is 2. The van der Waals surface area contributed by atoms with Crippen molar-refractivity contribution < 1.29 is 14.4 Å². The van der Waals surface area contributed by atoms with Gasteiger partial charge >= 0.3 is 0 Å². The fourth-order valence-electron chi connectivity index (χ4n) is 3.85. The van der Waals surface area contributed by atoms with Crippen LogP contribution in [0.5, 0.6) is 0 Å². The standard InChI is InChI=1S/C22H24N4O4S/c1-22(2)11-17-18(12-23)21(31-14-15-3-5-16(6-4-15)26(27)28)24-20(19(17)13-30-22)25-7-9-29-10-8-25/h3-6H,7-11,13-14H2,1-2H3. The normalized spacial score (nSPS) is 17.6. The van der Waals surface area contributed by atoms with E-state index in [0.717, 1.165) is 35.6 Å². The first-order valence-electron chi connectivity index (χ1n) is 10.2. The molecule has 31 heavy (non-hydrogen) atoms. The molecule has 1 aromatic carbocycles. The Kier molecular flexibility index (Phi) is 6.14. The fourth-order valence-corrected chi connectivity index (χ4v) is 4.81. The second-order valence-electron chi connectivity index (χ2n) is 8.22. The van der Waals surface area contributed by atoms with Crippen LogP contribution in [-0.2, 0) is 28.3 Å². The predicted octanol–water partition coefficient (Wildman–Crippen LogP) is 3.84. The van der Waals surface area contributed by atoms with E-state index in [1.165, 1.54) is 23.9 Å². The summed E-state index contributed by atoms with van der Waals surface area (Å²) in [6.07, 6.45) is 0.649. The Morgan fingerprint density at radius 1 is 1.26 bits per heavy atom. The van der Waals surface area contributed by atoms with Crippen LogP contribution in [0, 0.1) is 21.4 Å². The lowest BCUT2D eigenvalue weighted by Crippen LogP contribution is -2.39. The molecule has 2 aromatic rings. The van der Waals surface area contributed by atoms with Gasteiger partial charge in [0.1, 0.15) is 16.9 Å². The molecule has 0 spiro atoms. The Labute approximate surface area is 185 Å². The van der Waals surface area contributed by atoms with E-state index in [4.69, 9.17) is 14.5 Å². The number of anilines is 1. The molecule has 1 fully saturated rings. The molecule has 2 aliphatic rings. The van der Waals surface area contributed by atoms with Crippen molar-refractivity contribution in [3.63, 3.8) is 0 Å². The minimum atomic E-state index is -0.409. The number of rotatable bonds is 5. The van der Waals surface area contributed by atoms with Gasteiger partial charge < -0.3 is 14.4 Å². The number of nitro benzene ring substituents is 1. The molecule has 1 aromatic heterocycles. The fraction of sp³-hybridized carbons (Fsp3) is 0.455. The zero-order valence-corrected chi connectivity index (χ0v) is 18.4. The van der Waals surface area contributed by atoms with E-state index in [2.05, 4.69) is 11.0 Å². The van der Waals surface area contributed by atoms with E-state index in [-0.39, 0.29) is 11.3 Å². The third kappa shape index (κ3) is 4.66. The summed E-state index contributed by atoms with van der Waals surface area (Å²) in [6, 6.07) is 8.87. The first-order valence-corrected chi connectivity index (χ1v) is 11.1. The lowest BCUT2D eigenvalue weighted by Gasteiger charge is -2.36. The van der Waals surface area contributed by atoms with Gasteiger partial charge in [0.2, 0.25) is 0 Å². The molecular weight excluding hydrogens is 416 g/mol. The maximum absolute atomic E-state index is 10.9. The number of pyridine rings is 1. The highest BCUT2D eigenvalue weighted by molar-refractivity contribution is 7.98. The summed E-state index contributed by atoms with van der Waals surface area (Å²) in [5.74, 6) is 1.44. The van der Waals surface area contributed by atoms with E-state index >= 15 is 0 Å².